The van der Waals surface area contributed by atoms with Crippen LogP contribution in [0.5, 0.6) is 0 Å². The lowest BCUT2D eigenvalue weighted by Gasteiger charge is -2.17. The van der Waals surface area contributed by atoms with E-state index < -0.39 is 0 Å². The summed E-state index contributed by atoms with van der Waals surface area (Å²) >= 11 is 1.50. The summed E-state index contributed by atoms with van der Waals surface area (Å²) < 4.78 is 12.9. The molecule has 3 rings (SSSR count). The van der Waals surface area contributed by atoms with Crippen LogP contribution in [0.4, 0.5) is 9.52 Å². The maximum absolute atomic E-state index is 12.9. The van der Waals surface area contributed by atoms with Gasteiger partial charge in [0, 0.05) is 23.2 Å². The summed E-state index contributed by atoms with van der Waals surface area (Å²) in [5.41, 5.74) is 6.77. The van der Waals surface area contributed by atoms with Crippen molar-refractivity contribution in [2.24, 2.45) is 0 Å². The Balaban J connectivity index is 1.70. The van der Waals surface area contributed by atoms with Gasteiger partial charge in [-0.25, -0.2) is 9.37 Å². The number of aromatic nitrogens is 1. The van der Waals surface area contributed by atoms with Crippen molar-refractivity contribution in [3.8, 4) is 0 Å². The topological polar surface area (TPSA) is 50.9 Å². The largest absolute Gasteiger partial charge is 0.375 e. The Hall–Kier alpha value is -1.46. The van der Waals surface area contributed by atoms with Crippen LogP contribution >= 0.6 is 11.3 Å². The Kier molecular flexibility index (Phi) is 2.80. The minimum absolute atomic E-state index is 0.0203. The fourth-order valence-corrected chi connectivity index (χ4v) is 2.75. The molecule has 0 atom stereocenters. The molecule has 1 aliphatic carbocycles. The zero-order chi connectivity index (χ0) is 12.6. The van der Waals surface area contributed by atoms with E-state index in [0.29, 0.717) is 5.13 Å². The molecule has 0 aliphatic heterocycles. The van der Waals surface area contributed by atoms with E-state index in [1.165, 1.54) is 23.5 Å². The molecule has 0 bridgehead atoms. The molecule has 3 N–H and O–H groups in total. The van der Waals surface area contributed by atoms with E-state index in [0.717, 1.165) is 29.8 Å². The maximum Gasteiger partial charge on any atom is 0.180 e. The molecule has 0 unspecified atom stereocenters. The summed E-state index contributed by atoms with van der Waals surface area (Å²) in [6.07, 6.45) is 3.98. The number of benzene rings is 1. The molecular weight excluding hydrogens is 249 g/mol. The summed E-state index contributed by atoms with van der Waals surface area (Å²) in [5.74, 6) is -0.190. The second-order valence-corrected chi connectivity index (χ2v) is 5.75. The molecule has 1 aromatic heterocycles. The first-order valence-electron chi connectivity index (χ1n) is 5.89. The Bertz CT molecular complexity index is 546. The molecular formula is C13H14FN3S. The number of halogens is 1. The van der Waals surface area contributed by atoms with E-state index in [-0.39, 0.29) is 11.4 Å². The van der Waals surface area contributed by atoms with E-state index >= 15 is 0 Å². The van der Waals surface area contributed by atoms with Gasteiger partial charge in [-0.05, 0) is 30.5 Å². The number of anilines is 1. The van der Waals surface area contributed by atoms with Crippen LogP contribution in [0.2, 0.25) is 0 Å². The van der Waals surface area contributed by atoms with Gasteiger partial charge in [0.15, 0.2) is 5.13 Å². The first-order chi connectivity index (χ1) is 8.68. The molecule has 18 heavy (non-hydrogen) atoms. The Morgan fingerprint density at radius 1 is 1.33 bits per heavy atom. The van der Waals surface area contributed by atoms with Gasteiger partial charge in [0.2, 0.25) is 0 Å². The van der Waals surface area contributed by atoms with E-state index in [4.69, 9.17) is 5.73 Å². The third kappa shape index (κ3) is 2.23. The average Bonchev–Trinajstić information content (AvgIpc) is 3.05. The molecule has 5 heteroatoms. The zero-order valence-corrected chi connectivity index (χ0v) is 10.6. The minimum atomic E-state index is -0.190. The van der Waals surface area contributed by atoms with Gasteiger partial charge >= 0.3 is 0 Å². The van der Waals surface area contributed by atoms with Gasteiger partial charge in [0.05, 0.1) is 0 Å². The lowest BCUT2D eigenvalue weighted by atomic mass is 10.1. The number of hydrogen-bond donors (Lipinski definition) is 2. The zero-order valence-electron chi connectivity index (χ0n) is 9.82. The fourth-order valence-electron chi connectivity index (χ4n) is 2.12. The number of nitrogens with zero attached hydrogens (tertiary/aromatic N) is 1. The SMILES string of the molecule is Nc1ncc(CNC2(c3ccc(F)cc3)CC2)s1. The number of nitrogen functional groups attached to an aromatic ring is 1. The van der Waals surface area contributed by atoms with Crippen molar-refractivity contribution in [3.05, 3.63) is 46.7 Å². The summed E-state index contributed by atoms with van der Waals surface area (Å²) in [6, 6.07) is 6.75. The van der Waals surface area contributed by atoms with Crippen molar-refractivity contribution in [3.63, 3.8) is 0 Å². The highest BCUT2D eigenvalue weighted by atomic mass is 32.1. The van der Waals surface area contributed by atoms with Crippen LogP contribution < -0.4 is 11.1 Å². The molecule has 0 spiro atoms. The van der Waals surface area contributed by atoms with E-state index in [1.54, 1.807) is 6.20 Å². The second kappa shape index (κ2) is 4.33. The summed E-state index contributed by atoms with van der Waals surface area (Å²) in [6.45, 7) is 0.756. The average molecular weight is 263 g/mol. The monoisotopic (exact) mass is 263 g/mol. The predicted octanol–water partition coefficient (Wildman–Crippen LogP) is 2.64. The summed E-state index contributed by atoms with van der Waals surface area (Å²) in [7, 11) is 0. The van der Waals surface area contributed by atoms with Crippen LogP contribution in [-0.4, -0.2) is 4.98 Å². The number of thiazole rings is 1. The van der Waals surface area contributed by atoms with Crippen LogP contribution in [0.3, 0.4) is 0 Å². The van der Waals surface area contributed by atoms with Gasteiger partial charge in [0.1, 0.15) is 5.82 Å². The highest BCUT2D eigenvalue weighted by Crippen LogP contribution is 2.45. The Morgan fingerprint density at radius 3 is 2.61 bits per heavy atom. The molecule has 0 saturated heterocycles. The van der Waals surface area contributed by atoms with Crippen molar-refractivity contribution in [1.29, 1.82) is 0 Å². The highest BCUT2D eigenvalue weighted by molar-refractivity contribution is 7.15. The normalized spacial score (nSPS) is 16.7. The van der Waals surface area contributed by atoms with Gasteiger partial charge in [-0.1, -0.05) is 12.1 Å². The maximum atomic E-state index is 12.9. The predicted molar refractivity (Wildman–Crippen MR) is 70.7 cm³/mol. The molecule has 3 nitrogen and oxygen atoms in total. The molecule has 0 amide bonds. The highest BCUT2D eigenvalue weighted by Gasteiger charge is 2.43. The van der Waals surface area contributed by atoms with Crippen molar-refractivity contribution >= 4 is 16.5 Å². The third-order valence-corrected chi connectivity index (χ3v) is 4.15. The summed E-state index contributed by atoms with van der Waals surface area (Å²) in [5, 5.41) is 4.12. The smallest absolute Gasteiger partial charge is 0.180 e. The van der Waals surface area contributed by atoms with Gasteiger partial charge in [-0.15, -0.1) is 11.3 Å². The van der Waals surface area contributed by atoms with E-state index in [2.05, 4.69) is 10.3 Å². The molecule has 1 aromatic carbocycles. The van der Waals surface area contributed by atoms with Crippen LogP contribution in [-0.2, 0) is 12.1 Å². The quantitative estimate of drug-likeness (QED) is 0.891. The fraction of sp³-hybridized carbons (Fsp3) is 0.308. The third-order valence-electron chi connectivity index (χ3n) is 3.32. The molecule has 1 saturated carbocycles. The molecule has 1 heterocycles. The number of hydrogen-bond acceptors (Lipinski definition) is 4. The number of nitrogens with one attached hydrogen (secondary N) is 1. The molecule has 94 valence electrons. The van der Waals surface area contributed by atoms with Crippen molar-refractivity contribution in [2.75, 3.05) is 5.73 Å². The molecule has 2 aromatic rings. The van der Waals surface area contributed by atoms with Gasteiger partial charge in [-0.2, -0.15) is 0 Å². The van der Waals surface area contributed by atoms with Gasteiger partial charge in [-0.3, -0.25) is 0 Å². The first kappa shape index (κ1) is 11.6. The molecule has 1 aliphatic rings. The minimum Gasteiger partial charge on any atom is -0.375 e. The second-order valence-electron chi connectivity index (χ2n) is 4.61. The van der Waals surface area contributed by atoms with E-state index in [9.17, 15) is 4.39 Å². The number of rotatable bonds is 4. The van der Waals surface area contributed by atoms with Gasteiger partial charge in [0.25, 0.3) is 0 Å². The molecule has 1 fully saturated rings. The van der Waals surface area contributed by atoms with Crippen molar-refractivity contribution < 1.29 is 4.39 Å². The van der Waals surface area contributed by atoms with Crippen LogP contribution in [0.1, 0.15) is 23.3 Å². The number of nitrogens with two attached hydrogens (primary N) is 1. The Labute approximate surface area is 109 Å². The van der Waals surface area contributed by atoms with Crippen LogP contribution in [0.15, 0.2) is 30.5 Å². The lowest BCUT2D eigenvalue weighted by molar-refractivity contribution is 0.520. The van der Waals surface area contributed by atoms with E-state index in [1.807, 2.05) is 12.1 Å². The van der Waals surface area contributed by atoms with Crippen LogP contribution in [0, 0.1) is 5.82 Å². The Morgan fingerprint density at radius 2 is 2.06 bits per heavy atom. The molecule has 0 radical (unpaired) electrons. The summed E-state index contributed by atoms with van der Waals surface area (Å²) in [4.78, 5) is 5.15. The van der Waals surface area contributed by atoms with Crippen LogP contribution in [0.25, 0.3) is 0 Å². The lowest BCUT2D eigenvalue weighted by Crippen LogP contribution is -2.28. The van der Waals surface area contributed by atoms with Crippen molar-refractivity contribution in [1.82, 2.24) is 10.3 Å². The van der Waals surface area contributed by atoms with Gasteiger partial charge < -0.3 is 11.1 Å². The first-order valence-corrected chi connectivity index (χ1v) is 6.71. The van der Waals surface area contributed by atoms with Crippen molar-refractivity contribution in [2.45, 2.75) is 24.9 Å². The standard InChI is InChI=1S/C13H14FN3S/c14-10-3-1-9(2-4-10)13(5-6-13)17-8-11-7-16-12(15)18-11/h1-4,7,17H,5-6,8H2,(H2,15,16).